The highest BCUT2D eigenvalue weighted by Gasteiger charge is 2.36. The van der Waals surface area contributed by atoms with Crippen molar-refractivity contribution in [2.75, 3.05) is 0 Å². The summed E-state index contributed by atoms with van der Waals surface area (Å²) in [5, 5.41) is 3.21. The van der Waals surface area contributed by atoms with Crippen molar-refractivity contribution in [3.63, 3.8) is 0 Å². The lowest BCUT2D eigenvalue weighted by Crippen LogP contribution is -2.37. The monoisotopic (exact) mass is 297 g/mol. The van der Waals surface area contributed by atoms with Crippen molar-refractivity contribution in [3.05, 3.63) is 59.0 Å². The molecule has 1 heterocycles. The number of aryl methyl sites for hydroxylation is 1. The van der Waals surface area contributed by atoms with E-state index >= 15 is 0 Å². The number of nitrogens with one attached hydrogen (secondary N) is 1. The van der Waals surface area contributed by atoms with Crippen LogP contribution in [0.25, 0.3) is 0 Å². The Labute approximate surface area is 131 Å². The molecule has 1 aliphatic carbocycles. The van der Waals surface area contributed by atoms with Gasteiger partial charge in [0.2, 0.25) is 5.91 Å². The maximum Gasteiger partial charge on any atom is 0.224 e. The average molecular weight is 297 g/mol. The van der Waals surface area contributed by atoms with Gasteiger partial charge in [-0.25, -0.2) is 0 Å². The Bertz CT molecular complexity index is 670. The molecule has 1 unspecified atom stereocenters. The van der Waals surface area contributed by atoms with Gasteiger partial charge in [0.25, 0.3) is 0 Å². The van der Waals surface area contributed by atoms with E-state index in [0.29, 0.717) is 6.42 Å². The van der Waals surface area contributed by atoms with Crippen molar-refractivity contribution in [2.24, 2.45) is 5.41 Å². The van der Waals surface area contributed by atoms with E-state index in [1.165, 1.54) is 5.56 Å². The Morgan fingerprint density at radius 3 is 2.77 bits per heavy atom. The summed E-state index contributed by atoms with van der Waals surface area (Å²) >= 11 is 0. The third kappa shape index (κ3) is 3.08. The standard InChI is InChI=1S/C19H23NO2/c1-13-12-22-16-11-19(2,3)10-15(18(13)16)20-17(21)9-14-7-5-4-6-8-14/h4-8,12,15H,9-11H2,1-3H3,(H,20,21). The zero-order valence-electron chi connectivity index (χ0n) is 13.5. The molecule has 0 fully saturated rings. The fraction of sp³-hybridized carbons (Fsp3) is 0.421. The van der Waals surface area contributed by atoms with Crippen molar-refractivity contribution < 1.29 is 9.21 Å². The van der Waals surface area contributed by atoms with Crippen LogP contribution in [0.4, 0.5) is 0 Å². The number of rotatable bonds is 3. The minimum Gasteiger partial charge on any atom is -0.469 e. The van der Waals surface area contributed by atoms with Gasteiger partial charge in [0.1, 0.15) is 5.76 Å². The molecule has 0 bridgehead atoms. The average Bonchev–Trinajstić information content (AvgIpc) is 2.79. The first-order valence-corrected chi connectivity index (χ1v) is 7.85. The maximum absolute atomic E-state index is 12.4. The van der Waals surface area contributed by atoms with Gasteiger partial charge in [-0.15, -0.1) is 0 Å². The lowest BCUT2D eigenvalue weighted by molar-refractivity contribution is -0.121. The highest BCUT2D eigenvalue weighted by Crippen LogP contribution is 2.42. The maximum atomic E-state index is 12.4. The fourth-order valence-corrected chi connectivity index (χ4v) is 3.42. The molecule has 22 heavy (non-hydrogen) atoms. The molecule has 1 aliphatic rings. The molecule has 0 radical (unpaired) electrons. The molecule has 0 spiro atoms. The molecule has 1 aromatic carbocycles. The lowest BCUT2D eigenvalue weighted by Gasteiger charge is -2.35. The molecule has 3 heteroatoms. The molecule has 1 aromatic heterocycles. The van der Waals surface area contributed by atoms with Crippen LogP contribution in [0.15, 0.2) is 41.0 Å². The van der Waals surface area contributed by atoms with E-state index in [9.17, 15) is 4.79 Å². The molecular formula is C19H23NO2. The highest BCUT2D eigenvalue weighted by molar-refractivity contribution is 5.79. The molecule has 3 rings (SSSR count). The minimum atomic E-state index is 0.0497. The van der Waals surface area contributed by atoms with Gasteiger partial charge in [-0.1, -0.05) is 44.2 Å². The van der Waals surface area contributed by atoms with Crippen LogP contribution in [0.1, 0.15) is 48.8 Å². The Hall–Kier alpha value is -2.03. The number of carbonyl (C=O) groups excluding carboxylic acids is 1. The van der Waals surface area contributed by atoms with E-state index in [4.69, 9.17) is 4.42 Å². The highest BCUT2D eigenvalue weighted by atomic mass is 16.3. The number of benzene rings is 1. The van der Waals surface area contributed by atoms with Gasteiger partial charge >= 0.3 is 0 Å². The van der Waals surface area contributed by atoms with Gasteiger partial charge in [-0.2, -0.15) is 0 Å². The van der Waals surface area contributed by atoms with Crippen molar-refractivity contribution >= 4 is 5.91 Å². The molecule has 1 N–H and O–H groups in total. The number of hydrogen-bond acceptors (Lipinski definition) is 2. The summed E-state index contributed by atoms with van der Waals surface area (Å²) in [6.45, 7) is 6.51. The number of hydrogen-bond donors (Lipinski definition) is 1. The van der Waals surface area contributed by atoms with Gasteiger partial charge in [0, 0.05) is 12.0 Å². The van der Waals surface area contributed by atoms with E-state index in [1.807, 2.05) is 36.6 Å². The molecule has 0 aliphatic heterocycles. The van der Waals surface area contributed by atoms with Crippen LogP contribution in [-0.4, -0.2) is 5.91 Å². The predicted molar refractivity (Wildman–Crippen MR) is 86.6 cm³/mol. The molecule has 0 saturated carbocycles. The number of fused-ring (bicyclic) bond motifs is 1. The first-order valence-electron chi connectivity index (χ1n) is 7.85. The van der Waals surface area contributed by atoms with Gasteiger partial charge in [-0.3, -0.25) is 4.79 Å². The Kier molecular flexibility index (Phi) is 3.81. The van der Waals surface area contributed by atoms with E-state index in [1.54, 1.807) is 0 Å². The van der Waals surface area contributed by atoms with Gasteiger partial charge < -0.3 is 9.73 Å². The van der Waals surface area contributed by atoms with Crippen molar-refractivity contribution in [1.29, 1.82) is 0 Å². The summed E-state index contributed by atoms with van der Waals surface area (Å²) in [5.74, 6) is 1.10. The van der Waals surface area contributed by atoms with Crippen molar-refractivity contribution in [3.8, 4) is 0 Å². The second-order valence-electron chi connectivity index (χ2n) is 7.08. The topological polar surface area (TPSA) is 42.2 Å². The third-order valence-electron chi connectivity index (χ3n) is 4.39. The van der Waals surface area contributed by atoms with Crippen LogP contribution in [0, 0.1) is 12.3 Å². The number of furan rings is 1. The van der Waals surface area contributed by atoms with Crippen LogP contribution in [0.2, 0.25) is 0 Å². The Morgan fingerprint density at radius 2 is 2.05 bits per heavy atom. The number of amides is 1. The molecule has 1 atom stereocenters. The second kappa shape index (κ2) is 5.64. The van der Waals surface area contributed by atoms with E-state index in [0.717, 1.165) is 29.7 Å². The predicted octanol–water partition coefficient (Wildman–Crippen LogP) is 3.96. The third-order valence-corrected chi connectivity index (χ3v) is 4.39. The summed E-state index contributed by atoms with van der Waals surface area (Å²) in [7, 11) is 0. The molecule has 1 amide bonds. The smallest absolute Gasteiger partial charge is 0.224 e. The summed E-state index contributed by atoms with van der Waals surface area (Å²) in [5.41, 5.74) is 3.50. The first kappa shape index (κ1) is 14.9. The second-order valence-corrected chi connectivity index (χ2v) is 7.08. The largest absolute Gasteiger partial charge is 0.469 e. The van der Waals surface area contributed by atoms with Crippen molar-refractivity contribution in [2.45, 2.75) is 46.1 Å². The SMILES string of the molecule is Cc1coc2c1C(NC(=O)Cc1ccccc1)CC(C)(C)C2. The number of carbonyl (C=O) groups is 1. The van der Waals surface area contributed by atoms with Crippen LogP contribution in [-0.2, 0) is 17.6 Å². The molecular weight excluding hydrogens is 274 g/mol. The van der Waals surface area contributed by atoms with Crippen LogP contribution >= 0.6 is 0 Å². The van der Waals surface area contributed by atoms with Crippen LogP contribution in [0.3, 0.4) is 0 Å². The normalized spacial score (nSPS) is 19.5. The molecule has 3 nitrogen and oxygen atoms in total. The summed E-state index contributed by atoms with van der Waals surface area (Å²) in [6, 6.07) is 9.91. The Balaban J connectivity index is 1.77. The van der Waals surface area contributed by atoms with E-state index < -0.39 is 0 Å². The summed E-state index contributed by atoms with van der Waals surface area (Å²) < 4.78 is 5.70. The van der Waals surface area contributed by atoms with Gasteiger partial charge in [0.15, 0.2) is 0 Å². The van der Waals surface area contributed by atoms with Crippen LogP contribution in [0.5, 0.6) is 0 Å². The first-order chi connectivity index (χ1) is 10.4. The lowest BCUT2D eigenvalue weighted by atomic mass is 9.74. The van der Waals surface area contributed by atoms with Crippen LogP contribution < -0.4 is 5.32 Å². The zero-order valence-corrected chi connectivity index (χ0v) is 13.5. The fourth-order valence-electron chi connectivity index (χ4n) is 3.42. The molecule has 2 aromatic rings. The summed E-state index contributed by atoms with van der Waals surface area (Å²) in [6.07, 6.45) is 4.11. The quantitative estimate of drug-likeness (QED) is 0.931. The van der Waals surface area contributed by atoms with E-state index in [-0.39, 0.29) is 17.4 Å². The van der Waals surface area contributed by atoms with Gasteiger partial charge in [-0.05, 0) is 29.9 Å². The molecule has 0 saturated heterocycles. The summed E-state index contributed by atoms with van der Waals surface area (Å²) in [4.78, 5) is 12.4. The van der Waals surface area contributed by atoms with Gasteiger partial charge in [0.05, 0.1) is 18.7 Å². The van der Waals surface area contributed by atoms with Crippen molar-refractivity contribution in [1.82, 2.24) is 5.32 Å². The zero-order chi connectivity index (χ0) is 15.7. The molecule has 116 valence electrons. The Morgan fingerprint density at radius 1 is 1.32 bits per heavy atom. The van der Waals surface area contributed by atoms with E-state index in [2.05, 4.69) is 26.1 Å². The minimum absolute atomic E-state index is 0.0497.